The number of carbonyl (C=O) groups is 25. The largest absolute Gasteiger partial charge is 1.00 e. The molecule has 100 nitrogen and oxygen atoms in total. The van der Waals surface area contributed by atoms with Gasteiger partial charge in [0.15, 0.2) is 0 Å². The molecule has 110 heteroatoms. The summed E-state index contributed by atoms with van der Waals surface area (Å²) in [7, 11) is 0. The Morgan fingerprint density at radius 1 is 0.0963 bits per heavy atom. The molecule has 0 bridgehead atoms. The van der Waals surface area contributed by atoms with E-state index < -0.39 is 154 Å². The van der Waals surface area contributed by atoms with E-state index in [1.54, 1.807) is 0 Å². The maximum absolute atomic E-state index is 8.90. The maximum atomic E-state index is 8.90. The van der Waals surface area contributed by atoms with Crippen LogP contribution in [0.1, 0.15) is 0 Å². The second-order valence-electron chi connectivity index (χ2n) is 8.77. The van der Waals surface area contributed by atoms with Crippen LogP contribution in [0, 0.1) is 0 Å². The Kier molecular flexibility index (Phi) is 408. The quantitative estimate of drug-likeness (QED) is 0.0463. The van der Waals surface area contributed by atoms with E-state index >= 15 is 0 Å². The number of carboxylic acid groups (broad SMARTS) is 25. The zero-order valence-corrected chi connectivity index (χ0v) is 84.9. The van der Waals surface area contributed by atoms with Gasteiger partial charge in [-0.25, -0.2) is 71.9 Å². The van der Waals surface area contributed by atoms with Crippen molar-refractivity contribution in [2.24, 2.45) is 0 Å². The molecule has 0 radical (unpaired) electrons. The third-order valence-electron chi connectivity index (χ3n) is 1.92. The maximum Gasteiger partial charge on any atom is 1.00 e. The van der Waals surface area contributed by atoms with Gasteiger partial charge in [0.1, 0.15) is 0 Å². The molecular weight excluding hydrogens is 2130 g/mol. The van der Waals surface area contributed by atoms with Gasteiger partial charge in [-0.1, -0.05) is 0 Å². The van der Waals surface area contributed by atoms with Gasteiger partial charge in [-0.15, -0.1) is 0 Å². The molecule has 0 aromatic heterocycles. The van der Waals surface area contributed by atoms with Crippen LogP contribution in [0.2, 0.25) is 0 Å². The van der Waals surface area contributed by atoms with E-state index in [0.717, 1.165) is 0 Å². The predicted octanol–water partition coefficient (Wildman–Crippen LogP) is -39.5. The standard InChI is InChI=1S/25CH2O4.10Na/c25*2-1(3)5-4;;;;;;;;;;/h25*4H,(H,2,3);;;;;;;;;;/q;;;;;;;;;;;;;;;;;;;;;;;;;10*+1/p-10. The van der Waals surface area contributed by atoms with E-state index in [1.807, 2.05) is 0 Å². The summed E-state index contributed by atoms with van der Waals surface area (Å²) in [6.07, 6.45) is -44.7. The normalized spacial score (nSPS) is 6.11. The van der Waals surface area contributed by atoms with Crippen LogP contribution in [0.15, 0.2) is 0 Å². The Balaban J connectivity index is -0.0000000233. The summed E-state index contributed by atoms with van der Waals surface area (Å²) < 4.78 is 0. The Labute approximate surface area is 940 Å². The second-order valence-corrected chi connectivity index (χ2v) is 8.77. The van der Waals surface area contributed by atoms with Gasteiger partial charge in [-0.3, -0.25) is 126 Å². The van der Waals surface area contributed by atoms with E-state index in [-0.39, 0.29) is 296 Å². The fourth-order valence-corrected chi connectivity index (χ4v) is 0. The molecule has 0 aromatic rings. The number of carbonyl (C=O) groups excluding carboxylic acids is 10. The zero-order valence-electron chi connectivity index (χ0n) is 64.9. The monoisotopic (exact) mass is 2170 g/mol. The molecule has 0 rings (SSSR count). The van der Waals surface area contributed by atoms with Crippen molar-refractivity contribution in [3.63, 3.8) is 0 Å². The van der Waals surface area contributed by atoms with Crippen LogP contribution in [-0.4, -0.2) is 362 Å². The minimum atomic E-state index is -1.94. The molecule has 0 fully saturated rings. The minimum Gasteiger partial charge on any atom is -0.448 e. The molecular formula is C25H40Na10O100. The predicted molar refractivity (Wildman–Crippen MR) is 267 cm³/mol. The molecule has 0 saturated heterocycles. The fraction of sp³-hybridized carbons (Fsp3) is 0. The number of hydrogen-bond donors (Lipinski definition) is 40. The summed E-state index contributed by atoms with van der Waals surface area (Å²) in [6.45, 7) is 0. The number of hydrogen-bond acceptors (Lipinski definition) is 85. The molecule has 0 aromatic carbocycles. The number of rotatable bonds is 0. The molecule has 0 aliphatic carbocycles. The zero-order chi connectivity index (χ0) is 107. The molecule has 0 unspecified atom stereocenters. The van der Waals surface area contributed by atoms with Crippen molar-refractivity contribution < 1.29 is 797 Å². The van der Waals surface area contributed by atoms with Crippen LogP contribution in [0.4, 0.5) is 120 Å². The van der Waals surface area contributed by atoms with Crippen molar-refractivity contribution in [3.05, 3.63) is 0 Å². The van der Waals surface area contributed by atoms with Crippen LogP contribution >= 0.6 is 0 Å². The summed E-state index contributed by atoms with van der Waals surface area (Å²) >= 11 is 0. The van der Waals surface area contributed by atoms with E-state index in [2.05, 4.69) is 122 Å². The molecule has 0 aliphatic heterocycles. The SMILES string of the molecule is O=C(O)OO.O=C(O)OO.O=C(O)OO.O=C(O)OO.O=C(O)OO.O=C(O)OO.O=C(O)OO.O=C(O)OO.O=C(O)OO.O=C(O)OO.O=C(O)OO.O=C(O)OO.O=C(O)OO.O=C(O)OO.O=C(O)OO.O=C([O-])OO.O=C([O-])OO.O=C([O-])OO.O=C([O-])OO.O=C([O-])OO.O=C([O-])OO.O=C([O-])OO.O=C([O-])OO.O=C([O-])OO.O=C([O-])OO.[Na+].[Na+].[Na+].[Na+].[Na+].[Na+].[Na+].[Na+].[Na+].[Na+]. The van der Waals surface area contributed by atoms with Crippen molar-refractivity contribution in [3.8, 4) is 0 Å². The molecule has 0 aliphatic rings. The molecule has 0 amide bonds. The summed E-state index contributed by atoms with van der Waals surface area (Å²) in [5.74, 6) is 0. The van der Waals surface area contributed by atoms with E-state index in [0.29, 0.717) is 0 Å². The second kappa shape index (κ2) is 232. The van der Waals surface area contributed by atoms with E-state index in [4.69, 9.17) is 379 Å². The summed E-state index contributed by atoms with van der Waals surface area (Å²) in [4.78, 5) is 287. The first-order valence-electron chi connectivity index (χ1n) is 20.2. The fourth-order valence-electron chi connectivity index (χ4n) is 0. The first-order chi connectivity index (χ1) is 56.8. The Hall–Kier alpha value is -9.25. The molecule has 750 valence electrons. The van der Waals surface area contributed by atoms with Gasteiger partial charge in [0.2, 0.25) is 0 Å². The van der Waals surface area contributed by atoms with Crippen LogP contribution in [0.5, 0.6) is 0 Å². The van der Waals surface area contributed by atoms with Gasteiger partial charge >= 0.3 is 388 Å². The van der Waals surface area contributed by atoms with E-state index in [9.17, 15) is 0 Å². The van der Waals surface area contributed by atoms with Gasteiger partial charge < -0.3 is 224 Å². The summed E-state index contributed by atoms with van der Waals surface area (Å²) in [5.41, 5.74) is 0. The average Bonchev–Trinajstić information content (AvgIpc) is 3.72. The Morgan fingerprint density at radius 2 is 0.111 bits per heavy atom. The summed E-state index contributed by atoms with van der Waals surface area (Å²) in [5, 5.41) is 372. The molecule has 0 heterocycles. The average molecular weight is 2170 g/mol. The van der Waals surface area contributed by atoms with Gasteiger partial charge in [-0.2, -0.15) is 78.9 Å². The summed E-state index contributed by atoms with van der Waals surface area (Å²) in [6, 6.07) is 0. The van der Waals surface area contributed by atoms with E-state index in [1.165, 1.54) is 0 Å². The topological polar surface area (TPSA) is 1700 Å². The van der Waals surface area contributed by atoms with Crippen molar-refractivity contribution in [2.45, 2.75) is 0 Å². The third kappa shape index (κ3) is 1130. The van der Waals surface area contributed by atoms with Crippen molar-refractivity contribution >= 4 is 154 Å². The van der Waals surface area contributed by atoms with Gasteiger partial charge in [0, 0.05) is 0 Å². The third-order valence-corrected chi connectivity index (χ3v) is 1.92. The van der Waals surface area contributed by atoms with Gasteiger partial charge in [0.05, 0.1) is 0 Å². The van der Waals surface area contributed by atoms with Crippen molar-refractivity contribution in [2.75, 3.05) is 0 Å². The van der Waals surface area contributed by atoms with Crippen molar-refractivity contribution in [1.82, 2.24) is 0 Å². The first-order valence-corrected chi connectivity index (χ1v) is 20.2. The van der Waals surface area contributed by atoms with Crippen LogP contribution < -0.4 is 347 Å². The van der Waals surface area contributed by atoms with Crippen molar-refractivity contribution in [1.29, 1.82) is 0 Å². The first kappa shape index (κ1) is 238. The Bertz CT molecular complexity index is 1840. The Morgan fingerprint density at radius 3 is 0.111 bits per heavy atom. The molecule has 0 spiro atoms. The van der Waals surface area contributed by atoms with Crippen LogP contribution in [-0.2, 0) is 122 Å². The van der Waals surface area contributed by atoms with Crippen LogP contribution in [0.3, 0.4) is 0 Å². The van der Waals surface area contributed by atoms with Crippen LogP contribution in [0.25, 0.3) is 0 Å². The molecule has 0 atom stereocenters. The minimum absolute atomic E-state index is 0. The van der Waals surface area contributed by atoms with Gasteiger partial charge in [0.25, 0.3) is 61.6 Å². The molecule has 40 N–H and O–H groups in total. The smallest absolute Gasteiger partial charge is 0.448 e. The molecule has 0 saturated carbocycles. The van der Waals surface area contributed by atoms with Gasteiger partial charge in [-0.05, 0) is 0 Å². The molecule has 135 heavy (non-hydrogen) atoms.